The largest absolute Gasteiger partial charge is 0.347 e. The molecular formula is C21H21N3O2S. The Morgan fingerprint density at radius 1 is 1.22 bits per heavy atom. The van der Waals surface area contributed by atoms with E-state index in [0.717, 1.165) is 19.3 Å². The van der Waals surface area contributed by atoms with Crippen LogP contribution in [0.1, 0.15) is 43.0 Å². The minimum absolute atomic E-state index is 0.0291. The second-order valence-corrected chi connectivity index (χ2v) is 7.37. The van der Waals surface area contributed by atoms with Gasteiger partial charge < -0.3 is 10.3 Å². The number of aromatic nitrogens is 2. The van der Waals surface area contributed by atoms with Crippen LogP contribution < -0.4 is 10.9 Å². The van der Waals surface area contributed by atoms with Crippen molar-refractivity contribution in [3.8, 4) is 0 Å². The first-order valence-electron chi connectivity index (χ1n) is 9.18. The predicted molar refractivity (Wildman–Crippen MR) is 108 cm³/mol. The second kappa shape index (κ2) is 7.12. The molecule has 0 saturated heterocycles. The Bertz CT molecular complexity index is 1130. The van der Waals surface area contributed by atoms with E-state index in [-0.39, 0.29) is 22.3 Å². The van der Waals surface area contributed by atoms with Gasteiger partial charge in [-0.3, -0.25) is 14.2 Å². The predicted octanol–water partition coefficient (Wildman–Crippen LogP) is 3.81. The summed E-state index contributed by atoms with van der Waals surface area (Å²) in [6, 6.07) is 14.7. The number of carbonyl (C=O) groups excluding carboxylic acids is 1. The number of rotatable bonds is 3. The van der Waals surface area contributed by atoms with E-state index in [1.165, 1.54) is 15.7 Å². The van der Waals surface area contributed by atoms with Crippen LogP contribution in [0.4, 0.5) is 0 Å². The summed E-state index contributed by atoms with van der Waals surface area (Å²) < 4.78 is 1.62. The third-order valence-electron chi connectivity index (χ3n) is 5.29. The van der Waals surface area contributed by atoms with Crippen molar-refractivity contribution in [1.82, 2.24) is 14.9 Å². The lowest BCUT2D eigenvalue weighted by Gasteiger charge is -2.28. The number of para-hydroxylation sites is 1. The lowest BCUT2D eigenvalue weighted by Crippen LogP contribution is -2.39. The van der Waals surface area contributed by atoms with Crippen LogP contribution in [0.25, 0.3) is 10.9 Å². The lowest BCUT2D eigenvalue weighted by atomic mass is 9.87. The normalized spacial score (nSPS) is 17.3. The highest BCUT2D eigenvalue weighted by Crippen LogP contribution is 2.29. The fourth-order valence-electron chi connectivity index (χ4n) is 3.84. The molecular weight excluding hydrogens is 358 g/mol. The molecule has 6 heteroatoms. The average Bonchev–Trinajstić information content (AvgIpc) is 2.68. The zero-order valence-electron chi connectivity index (χ0n) is 15.1. The molecule has 1 aliphatic rings. The van der Waals surface area contributed by atoms with E-state index in [0.29, 0.717) is 10.9 Å². The Kier molecular flexibility index (Phi) is 4.66. The number of aromatic amines is 1. The molecule has 2 atom stereocenters. The summed E-state index contributed by atoms with van der Waals surface area (Å²) in [4.78, 5) is 28.9. The number of H-pyrrole nitrogens is 1. The minimum Gasteiger partial charge on any atom is -0.347 e. The van der Waals surface area contributed by atoms with Gasteiger partial charge in [0.2, 0.25) is 5.91 Å². The molecule has 138 valence electrons. The van der Waals surface area contributed by atoms with Gasteiger partial charge in [0.15, 0.2) is 4.77 Å². The molecule has 0 radical (unpaired) electrons. The SMILES string of the molecule is C[C@@H](C(=O)N[C@H]1CCCc2ccccc21)n1c(=S)[nH]c2ccccc2c1=O. The topological polar surface area (TPSA) is 66.9 Å². The highest BCUT2D eigenvalue weighted by Gasteiger charge is 2.25. The van der Waals surface area contributed by atoms with Crippen molar-refractivity contribution in [1.29, 1.82) is 0 Å². The van der Waals surface area contributed by atoms with E-state index in [1.807, 2.05) is 18.2 Å². The monoisotopic (exact) mass is 379 g/mol. The van der Waals surface area contributed by atoms with Gasteiger partial charge in [-0.2, -0.15) is 0 Å². The van der Waals surface area contributed by atoms with E-state index in [4.69, 9.17) is 12.2 Å². The highest BCUT2D eigenvalue weighted by molar-refractivity contribution is 7.71. The summed E-state index contributed by atoms with van der Waals surface area (Å²) in [7, 11) is 0. The van der Waals surface area contributed by atoms with E-state index < -0.39 is 6.04 Å². The van der Waals surface area contributed by atoms with Crippen LogP contribution in [0.3, 0.4) is 0 Å². The van der Waals surface area contributed by atoms with Gasteiger partial charge in [0, 0.05) is 0 Å². The molecule has 0 aliphatic heterocycles. The summed E-state index contributed by atoms with van der Waals surface area (Å²) in [6.45, 7) is 1.71. The van der Waals surface area contributed by atoms with Gasteiger partial charge in [-0.15, -0.1) is 0 Å². The molecule has 27 heavy (non-hydrogen) atoms. The van der Waals surface area contributed by atoms with Crippen molar-refractivity contribution in [3.05, 3.63) is 74.8 Å². The molecule has 4 rings (SSSR count). The summed E-state index contributed by atoms with van der Waals surface area (Å²) in [5.41, 5.74) is 2.88. The number of nitrogens with zero attached hydrogens (tertiary/aromatic N) is 1. The van der Waals surface area contributed by atoms with Crippen molar-refractivity contribution < 1.29 is 4.79 Å². The minimum atomic E-state index is -0.694. The van der Waals surface area contributed by atoms with Gasteiger partial charge in [-0.05, 0) is 61.7 Å². The fraction of sp³-hybridized carbons (Fsp3) is 0.286. The molecule has 1 aromatic heterocycles. The molecule has 0 spiro atoms. The molecule has 3 aromatic rings. The lowest BCUT2D eigenvalue weighted by molar-refractivity contribution is -0.124. The van der Waals surface area contributed by atoms with Crippen molar-refractivity contribution >= 4 is 29.0 Å². The standard InChI is InChI=1S/C21H21N3O2S/c1-13(24-20(26)16-10-4-5-11-18(16)23-21(24)27)19(25)22-17-12-6-8-14-7-2-3-9-15(14)17/h2-5,7,9-11,13,17H,6,8,12H2,1H3,(H,22,25)(H,23,27)/t13-,17-/m0/s1. The number of benzene rings is 2. The maximum absolute atomic E-state index is 12.9. The molecule has 2 aromatic carbocycles. The molecule has 1 aliphatic carbocycles. The zero-order valence-corrected chi connectivity index (χ0v) is 15.9. The van der Waals surface area contributed by atoms with Crippen molar-refractivity contribution in [2.45, 2.75) is 38.3 Å². The van der Waals surface area contributed by atoms with E-state index in [1.54, 1.807) is 25.1 Å². The van der Waals surface area contributed by atoms with E-state index in [2.05, 4.69) is 22.4 Å². The second-order valence-electron chi connectivity index (χ2n) is 6.98. The Hall–Kier alpha value is -2.73. The molecule has 5 nitrogen and oxygen atoms in total. The van der Waals surface area contributed by atoms with Gasteiger partial charge in [-0.1, -0.05) is 36.4 Å². The number of hydrogen-bond donors (Lipinski definition) is 2. The van der Waals surface area contributed by atoms with Crippen molar-refractivity contribution in [2.75, 3.05) is 0 Å². The third kappa shape index (κ3) is 3.21. The van der Waals surface area contributed by atoms with Gasteiger partial charge in [0.1, 0.15) is 6.04 Å². The van der Waals surface area contributed by atoms with Crippen LogP contribution in [0.5, 0.6) is 0 Å². The first-order chi connectivity index (χ1) is 13.1. The number of aryl methyl sites for hydroxylation is 1. The van der Waals surface area contributed by atoms with Gasteiger partial charge in [0.05, 0.1) is 16.9 Å². The number of amides is 1. The Morgan fingerprint density at radius 3 is 2.81 bits per heavy atom. The maximum Gasteiger partial charge on any atom is 0.262 e. The van der Waals surface area contributed by atoms with Gasteiger partial charge in [-0.25, -0.2) is 0 Å². The third-order valence-corrected chi connectivity index (χ3v) is 5.59. The smallest absolute Gasteiger partial charge is 0.262 e. The Balaban J connectivity index is 1.65. The average molecular weight is 379 g/mol. The molecule has 1 heterocycles. The Morgan fingerprint density at radius 2 is 1.96 bits per heavy atom. The van der Waals surface area contributed by atoms with E-state index >= 15 is 0 Å². The van der Waals surface area contributed by atoms with Crippen LogP contribution in [0, 0.1) is 4.77 Å². The first kappa shape index (κ1) is 17.7. The first-order valence-corrected chi connectivity index (χ1v) is 9.59. The summed E-state index contributed by atoms with van der Waals surface area (Å²) >= 11 is 5.36. The molecule has 0 fully saturated rings. The number of nitrogens with one attached hydrogen (secondary N) is 2. The van der Waals surface area contributed by atoms with Crippen LogP contribution >= 0.6 is 12.2 Å². The summed E-state index contributed by atoms with van der Waals surface area (Å²) in [5.74, 6) is -0.200. The molecule has 1 amide bonds. The number of carbonyl (C=O) groups is 1. The molecule has 0 bridgehead atoms. The van der Waals surface area contributed by atoms with Crippen LogP contribution in [-0.2, 0) is 11.2 Å². The van der Waals surface area contributed by atoms with Crippen molar-refractivity contribution in [2.24, 2.45) is 0 Å². The molecule has 0 saturated carbocycles. The highest BCUT2D eigenvalue weighted by atomic mass is 32.1. The quantitative estimate of drug-likeness (QED) is 0.680. The van der Waals surface area contributed by atoms with Crippen LogP contribution in [0.2, 0.25) is 0 Å². The molecule has 2 N–H and O–H groups in total. The summed E-state index contributed by atoms with van der Waals surface area (Å²) in [6.07, 6.45) is 2.97. The number of fused-ring (bicyclic) bond motifs is 2. The fourth-order valence-corrected chi connectivity index (χ4v) is 4.19. The van der Waals surface area contributed by atoms with Crippen LogP contribution in [0.15, 0.2) is 53.3 Å². The number of hydrogen-bond acceptors (Lipinski definition) is 3. The Labute approximate surface area is 162 Å². The zero-order chi connectivity index (χ0) is 19.0. The maximum atomic E-state index is 12.9. The molecule has 0 unspecified atom stereocenters. The van der Waals surface area contributed by atoms with E-state index in [9.17, 15) is 9.59 Å². The van der Waals surface area contributed by atoms with Gasteiger partial charge >= 0.3 is 0 Å². The van der Waals surface area contributed by atoms with Crippen LogP contribution in [-0.4, -0.2) is 15.5 Å². The summed E-state index contributed by atoms with van der Waals surface area (Å²) in [5, 5.41) is 3.64. The van der Waals surface area contributed by atoms with Gasteiger partial charge in [0.25, 0.3) is 5.56 Å². The van der Waals surface area contributed by atoms with Crippen molar-refractivity contribution in [3.63, 3.8) is 0 Å².